The maximum Gasteiger partial charge on any atom is 0.291 e. The van der Waals surface area contributed by atoms with Gasteiger partial charge in [0, 0.05) is 40.8 Å². The van der Waals surface area contributed by atoms with Crippen molar-refractivity contribution in [1.29, 1.82) is 0 Å². The molecule has 9 heteroatoms. The highest BCUT2D eigenvalue weighted by Crippen LogP contribution is 2.23. The van der Waals surface area contributed by atoms with Crippen molar-refractivity contribution in [2.45, 2.75) is 0 Å². The average Bonchev–Trinajstić information content (AvgIpc) is 3.56. The molecule has 0 fully saturated rings. The Morgan fingerprint density at radius 1 is 1.03 bits per heavy atom. The number of nitrogens with zero attached hydrogens (tertiary/aromatic N) is 2. The van der Waals surface area contributed by atoms with Crippen molar-refractivity contribution in [2.24, 2.45) is 0 Å². The van der Waals surface area contributed by atoms with Gasteiger partial charge in [-0.1, -0.05) is 18.2 Å². The molecule has 0 radical (unpaired) electrons. The molecule has 2 aromatic carbocycles. The second-order valence-electron chi connectivity index (χ2n) is 7.09. The van der Waals surface area contributed by atoms with Gasteiger partial charge in [0.2, 0.25) is 0 Å². The van der Waals surface area contributed by atoms with Gasteiger partial charge in [0.1, 0.15) is 5.75 Å². The van der Waals surface area contributed by atoms with Crippen LogP contribution in [0.2, 0.25) is 0 Å². The molecule has 0 atom stereocenters. The lowest BCUT2D eigenvalue weighted by atomic mass is 10.1. The van der Waals surface area contributed by atoms with Crippen LogP contribution in [0.4, 0.5) is 11.4 Å². The SMILES string of the molecule is O=C(COc1cccc(NC(=O)c2ccco2)c1)Nc1ccc(-c2cn3ccsc3n2)cc1. The number of ether oxygens (including phenoxy) is 1. The largest absolute Gasteiger partial charge is 0.484 e. The first-order chi connectivity index (χ1) is 16.1. The first kappa shape index (κ1) is 20.5. The summed E-state index contributed by atoms with van der Waals surface area (Å²) in [7, 11) is 0. The van der Waals surface area contributed by atoms with Crippen molar-refractivity contribution in [3.05, 3.63) is 90.5 Å². The molecule has 0 aliphatic carbocycles. The summed E-state index contributed by atoms with van der Waals surface area (Å²) in [5.74, 6) is 0.000874. The van der Waals surface area contributed by atoms with Gasteiger partial charge in [-0.25, -0.2) is 4.98 Å². The first-order valence-electron chi connectivity index (χ1n) is 10.0. The third-order valence-electron chi connectivity index (χ3n) is 4.76. The van der Waals surface area contributed by atoms with Gasteiger partial charge in [0.05, 0.1) is 12.0 Å². The minimum absolute atomic E-state index is 0.172. The molecular weight excluding hydrogens is 440 g/mol. The van der Waals surface area contributed by atoms with E-state index in [1.807, 2.05) is 46.4 Å². The van der Waals surface area contributed by atoms with E-state index in [1.165, 1.54) is 6.26 Å². The molecule has 0 aliphatic rings. The van der Waals surface area contributed by atoms with Crippen LogP contribution in [0.3, 0.4) is 0 Å². The minimum Gasteiger partial charge on any atom is -0.484 e. The molecule has 3 heterocycles. The highest BCUT2D eigenvalue weighted by Gasteiger charge is 2.10. The van der Waals surface area contributed by atoms with E-state index in [0.29, 0.717) is 17.1 Å². The highest BCUT2D eigenvalue weighted by atomic mass is 32.1. The quantitative estimate of drug-likeness (QED) is 0.361. The highest BCUT2D eigenvalue weighted by molar-refractivity contribution is 7.15. The van der Waals surface area contributed by atoms with Crippen LogP contribution in [0.1, 0.15) is 10.6 Å². The van der Waals surface area contributed by atoms with Crippen LogP contribution < -0.4 is 15.4 Å². The predicted molar refractivity (Wildman–Crippen MR) is 126 cm³/mol. The number of nitrogens with one attached hydrogen (secondary N) is 2. The molecule has 5 rings (SSSR count). The monoisotopic (exact) mass is 458 g/mol. The number of thiazole rings is 1. The van der Waals surface area contributed by atoms with Crippen molar-refractivity contribution in [3.63, 3.8) is 0 Å². The number of imidazole rings is 1. The lowest BCUT2D eigenvalue weighted by Crippen LogP contribution is -2.20. The summed E-state index contributed by atoms with van der Waals surface area (Å²) in [5.41, 5.74) is 3.03. The summed E-state index contributed by atoms with van der Waals surface area (Å²) < 4.78 is 12.6. The Balaban J connectivity index is 1.15. The Bertz CT molecular complexity index is 1380. The third kappa shape index (κ3) is 4.78. The van der Waals surface area contributed by atoms with E-state index < -0.39 is 0 Å². The van der Waals surface area contributed by atoms with Gasteiger partial charge in [-0.2, -0.15) is 0 Å². The predicted octanol–water partition coefficient (Wildman–Crippen LogP) is 4.93. The van der Waals surface area contributed by atoms with E-state index in [4.69, 9.17) is 9.15 Å². The number of amides is 2. The minimum atomic E-state index is -0.367. The molecule has 3 aromatic heterocycles. The van der Waals surface area contributed by atoms with Gasteiger partial charge in [-0.3, -0.25) is 14.0 Å². The Labute approximate surface area is 192 Å². The standard InChI is InChI=1S/C24H18N4O4S/c29-22(15-32-19-4-1-3-18(13-19)26-23(30)21-5-2-11-31-21)25-17-8-6-16(7-9-17)20-14-28-10-12-33-24(28)27-20/h1-14H,15H2,(H,25,29)(H,26,30). The molecule has 0 spiro atoms. The van der Waals surface area contributed by atoms with Crippen molar-refractivity contribution >= 4 is 39.5 Å². The van der Waals surface area contributed by atoms with Crippen LogP contribution in [0.25, 0.3) is 16.2 Å². The number of carbonyl (C=O) groups excluding carboxylic acids is 2. The summed E-state index contributed by atoms with van der Waals surface area (Å²) in [4.78, 5) is 29.9. The summed E-state index contributed by atoms with van der Waals surface area (Å²) in [6, 6.07) is 17.5. The molecule has 5 aromatic rings. The summed E-state index contributed by atoms with van der Waals surface area (Å²) in [6.45, 7) is -0.172. The van der Waals surface area contributed by atoms with Gasteiger partial charge >= 0.3 is 0 Å². The number of fused-ring (bicyclic) bond motifs is 1. The Hall–Kier alpha value is -4.37. The van der Waals surface area contributed by atoms with Crippen LogP contribution >= 0.6 is 11.3 Å². The zero-order chi connectivity index (χ0) is 22.6. The summed E-state index contributed by atoms with van der Waals surface area (Å²) in [5, 5.41) is 7.51. The van der Waals surface area contributed by atoms with Gasteiger partial charge in [-0.15, -0.1) is 11.3 Å². The summed E-state index contributed by atoms with van der Waals surface area (Å²) >= 11 is 1.58. The number of carbonyl (C=O) groups is 2. The van der Waals surface area contributed by atoms with Gasteiger partial charge in [0.25, 0.3) is 11.8 Å². The van der Waals surface area contributed by atoms with Crippen molar-refractivity contribution in [3.8, 4) is 17.0 Å². The lowest BCUT2D eigenvalue weighted by molar-refractivity contribution is -0.118. The number of aromatic nitrogens is 2. The van der Waals surface area contributed by atoms with Crippen LogP contribution in [0.5, 0.6) is 5.75 Å². The fourth-order valence-electron chi connectivity index (χ4n) is 3.20. The zero-order valence-corrected chi connectivity index (χ0v) is 18.0. The molecule has 0 saturated heterocycles. The van der Waals surface area contributed by atoms with Crippen LogP contribution in [-0.2, 0) is 4.79 Å². The Morgan fingerprint density at radius 3 is 2.70 bits per heavy atom. The van der Waals surface area contributed by atoms with Gasteiger partial charge in [0.15, 0.2) is 17.3 Å². The topological polar surface area (TPSA) is 97.9 Å². The van der Waals surface area contributed by atoms with E-state index in [-0.39, 0.29) is 24.2 Å². The fourth-order valence-corrected chi connectivity index (χ4v) is 3.90. The number of hydrogen-bond donors (Lipinski definition) is 2. The van der Waals surface area contributed by atoms with Gasteiger partial charge in [-0.05, 0) is 36.4 Å². The molecule has 2 amide bonds. The Kier molecular flexibility index (Phi) is 5.61. The number of hydrogen-bond acceptors (Lipinski definition) is 6. The van der Waals surface area contributed by atoms with E-state index in [0.717, 1.165) is 16.2 Å². The molecule has 0 aliphatic heterocycles. The van der Waals surface area contributed by atoms with E-state index in [2.05, 4.69) is 15.6 Å². The van der Waals surface area contributed by atoms with E-state index in [9.17, 15) is 9.59 Å². The second-order valence-corrected chi connectivity index (χ2v) is 7.97. The molecule has 8 nitrogen and oxygen atoms in total. The van der Waals surface area contributed by atoms with E-state index >= 15 is 0 Å². The molecule has 0 bridgehead atoms. The normalized spacial score (nSPS) is 10.8. The van der Waals surface area contributed by atoms with E-state index in [1.54, 1.807) is 47.7 Å². The zero-order valence-electron chi connectivity index (χ0n) is 17.2. The second kappa shape index (κ2) is 9.01. The first-order valence-corrected chi connectivity index (χ1v) is 10.9. The van der Waals surface area contributed by atoms with Crippen molar-refractivity contribution in [1.82, 2.24) is 9.38 Å². The number of benzene rings is 2. The van der Waals surface area contributed by atoms with Crippen LogP contribution in [0.15, 0.2) is 89.1 Å². The molecular formula is C24H18N4O4S. The van der Waals surface area contributed by atoms with Crippen molar-refractivity contribution in [2.75, 3.05) is 17.2 Å². The molecule has 164 valence electrons. The fraction of sp³-hybridized carbons (Fsp3) is 0.0417. The molecule has 2 N–H and O–H groups in total. The molecule has 0 unspecified atom stereocenters. The van der Waals surface area contributed by atoms with Crippen LogP contribution in [0, 0.1) is 0 Å². The number of rotatable bonds is 7. The van der Waals surface area contributed by atoms with Crippen molar-refractivity contribution < 1.29 is 18.7 Å². The third-order valence-corrected chi connectivity index (χ3v) is 5.54. The number of anilines is 2. The molecule has 0 saturated carbocycles. The number of furan rings is 1. The van der Waals surface area contributed by atoms with Gasteiger partial charge < -0.3 is 19.8 Å². The van der Waals surface area contributed by atoms with Crippen LogP contribution in [-0.4, -0.2) is 27.8 Å². The smallest absolute Gasteiger partial charge is 0.291 e. The maximum atomic E-state index is 12.3. The lowest BCUT2D eigenvalue weighted by Gasteiger charge is -2.09. The maximum absolute atomic E-state index is 12.3. The average molecular weight is 458 g/mol. The summed E-state index contributed by atoms with van der Waals surface area (Å²) in [6.07, 6.45) is 5.37. The Morgan fingerprint density at radius 2 is 1.91 bits per heavy atom. The molecule has 33 heavy (non-hydrogen) atoms.